The van der Waals surface area contributed by atoms with E-state index in [1.54, 1.807) is 6.07 Å². The van der Waals surface area contributed by atoms with E-state index in [0.717, 1.165) is 28.1 Å². The first-order chi connectivity index (χ1) is 12.9. The molecule has 0 aliphatic carbocycles. The number of aromatic nitrogens is 2. The van der Waals surface area contributed by atoms with Crippen LogP contribution in [-0.2, 0) is 0 Å². The molecule has 0 saturated heterocycles. The number of hydrogen-bond acceptors (Lipinski definition) is 4. The van der Waals surface area contributed by atoms with Crippen LogP contribution in [-0.4, -0.2) is 15.9 Å². The van der Waals surface area contributed by atoms with Crippen molar-refractivity contribution in [3.05, 3.63) is 82.7 Å². The first kappa shape index (κ1) is 18.6. The van der Waals surface area contributed by atoms with Gasteiger partial charge in [0.25, 0.3) is 5.91 Å². The highest BCUT2D eigenvalue weighted by molar-refractivity contribution is 5.93. The van der Waals surface area contributed by atoms with Gasteiger partial charge in [0.15, 0.2) is 0 Å². The van der Waals surface area contributed by atoms with Gasteiger partial charge in [0.2, 0.25) is 5.95 Å². The van der Waals surface area contributed by atoms with E-state index in [2.05, 4.69) is 20.6 Å². The molecule has 2 aromatic carbocycles. The summed E-state index contributed by atoms with van der Waals surface area (Å²) in [6, 6.07) is 17.5. The number of benzene rings is 2. The number of para-hydroxylation sites is 1. The number of nitrogens with one attached hydrogen (secondary N) is 2. The highest BCUT2D eigenvalue weighted by atomic mass is 16.1. The molecule has 5 heteroatoms. The van der Waals surface area contributed by atoms with Gasteiger partial charge in [-0.25, -0.2) is 9.97 Å². The van der Waals surface area contributed by atoms with Crippen molar-refractivity contribution in [2.24, 2.45) is 0 Å². The standard InChI is InChI=1S/C22H24N4O/c1-14-9-8-10-15(2)20(14)26-22-23-16(3)13-19(25-22)21(27)24-17(4)18-11-6-5-7-12-18/h5-13,17H,1-4H3,(H,24,27)(H,23,25,26). The molecule has 0 aliphatic heterocycles. The molecule has 1 unspecified atom stereocenters. The number of hydrogen-bond donors (Lipinski definition) is 2. The quantitative estimate of drug-likeness (QED) is 0.696. The van der Waals surface area contributed by atoms with Gasteiger partial charge in [-0.3, -0.25) is 4.79 Å². The Morgan fingerprint density at radius 2 is 1.59 bits per heavy atom. The first-order valence-corrected chi connectivity index (χ1v) is 8.99. The summed E-state index contributed by atoms with van der Waals surface area (Å²) >= 11 is 0. The number of amides is 1. The van der Waals surface area contributed by atoms with Crippen molar-refractivity contribution < 1.29 is 4.79 Å². The molecular weight excluding hydrogens is 336 g/mol. The highest BCUT2D eigenvalue weighted by Gasteiger charge is 2.15. The van der Waals surface area contributed by atoms with E-state index >= 15 is 0 Å². The van der Waals surface area contributed by atoms with Gasteiger partial charge in [0, 0.05) is 11.4 Å². The summed E-state index contributed by atoms with van der Waals surface area (Å²) in [7, 11) is 0. The third-order valence-corrected chi connectivity index (χ3v) is 4.45. The molecule has 0 bridgehead atoms. The number of carbonyl (C=O) groups excluding carboxylic acids is 1. The summed E-state index contributed by atoms with van der Waals surface area (Å²) in [5, 5.41) is 6.26. The van der Waals surface area contributed by atoms with Crippen molar-refractivity contribution >= 4 is 17.5 Å². The maximum atomic E-state index is 12.7. The summed E-state index contributed by atoms with van der Waals surface area (Å²) < 4.78 is 0. The molecule has 1 atom stereocenters. The summed E-state index contributed by atoms with van der Waals surface area (Å²) in [6.45, 7) is 7.87. The fourth-order valence-corrected chi connectivity index (χ4v) is 2.96. The normalized spacial score (nSPS) is 11.7. The van der Waals surface area contributed by atoms with Crippen LogP contribution in [0.25, 0.3) is 0 Å². The second kappa shape index (κ2) is 7.99. The maximum absolute atomic E-state index is 12.7. The second-order valence-electron chi connectivity index (χ2n) is 6.72. The van der Waals surface area contributed by atoms with Gasteiger partial charge in [-0.1, -0.05) is 48.5 Å². The number of aryl methyl sites for hydroxylation is 3. The van der Waals surface area contributed by atoms with Crippen molar-refractivity contribution in [1.29, 1.82) is 0 Å². The Bertz CT molecular complexity index is 934. The molecular formula is C22H24N4O. The first-order valence-electron chi connectivity index (χ1n) is 8.99. The number of carbonyl (C=O) groups is 1. The van der Waals surface area contributed by atoms with Crippen LogP contribution in [0.1, 0.15) is 45.8 Å². The SMILES string of the molecule is Cc1cc(C(=O)NC(C)c2ccccc2)nc(Nc2c(C)cccc2C)n1. The molecule has 27 heavy (non-hydrogen) atoms. The molecule has 0 fully saturated rings. The Labute approximate surface area is 159 Å². The molecule has 3 aromatic rings. The Morgan fingerprint density at radius 3 is 2.26 bits per heavy atom. The van der Waals surface area contributed by atoms with Crippen LogP contribution in [0.2, 0.25) is 0 Å². The monoisotopic (exact) mass is 360 g/mol. The highest BCUT2D eigenvalue weighted by Crippen LogP contribution is 2.23. The summed E-state index contributed by atoms with van der Waals surface area (Å²) in [5.74, 6) is 0.200. The fourth-order valence-electron chi connectivity index (χ4n) is 2.96. The van der Waals surface area contributed by atoms with E-state index < -0.39 is 0 Å². The minimum atomic E-state index is -0.221. The van der Waals surface area contributed by atoms with Gasteiger partial charge in [-0.15, -0.1) is 0 Å². The largest absolute Gasteiger partial charge is 0.344 e. The van der Waals surface area contributed by atoms with Crippen LogP contribution in [0.3, 0.4) is 0 Å². The molecule has 5 nitrogen and oxygen atoms in total. The van der Waals surface area contributed by atoms with E-state index in [0.29, 0.717) is 11.6 Å². The lowest BCUT2D eigenvalue weighted by atomic mass is 10.1. The summed E-state index contributed by atoms with van der Waals surface area (Å²) in [5.41, 5.74) is 5.29. The maximum Gasteiger partial charge on any atom is 0.270 e. The number of nitrogens with zero attached hydrogens (tertiary/aromatic N) is 2. The van der Waals surface area contributed by atoms with Gasteiger partial charge < -0.3 is 10.6 Å². The van der Waals surface area contributed by atoms with Gasteiger partial charge in [-0.2, -0.15) is 0 Å². The zero-order valence-corrected chi connectivity index (χ0v) is 16.1. The zero-order chi connectivity index (χ0) is 19.4. The zero-order valence-electron chi connectivity index (χ0n) is 16.1. The van der Waals surface area contributed by atoms with E-state index in [4.69, 9.17) is 0 Å². The predicted molar refractivity (Wildman–Crippen MR) is 108 cm³/mol. The van der Waals surface area contributed by atoms with Crippen LogP contribution in [0.4, 0.5) is 11.6 Å². The Balaban J connectivity index is 1.81. The molecule has 138 valence electrons. The molecule has 1 heterocycles. The topological polar surface area (TPSA) is 66.9 Å². The Morgan fingerprint density at radius 1 is 0.926 bits per heavy atom. The van der Waals surface area contributed by atoms with Crippen molar-refractivity contribution in [2.45, 2.75) is 33.7 Å². The molecule has 1 amide bonds. The third kappa shape index (κ3) is 4.50. The Kier molecular flexibility index (Phi) is 5.50. The number of anilines is 2. The minimum Gasteiger partial charge on any atom is -0.344 e. The van der Waals surface area contributed by atoms with Crippen molar-refractivity contribution in [3.8, 4) is 0 Å². The fraction of sp³-hybridized carbons (Fsp3) is 0.227. The molecule has 0 aliphatic rings. The van der Waals surface area contributed by atoms with Crippen molar-refractivity contribution in [2.75, 3.05) is 5.32 Å². The lowest BCUT2D eigenvalue weighted by Crippen LogP contribution is -2.27. The van der Waals surface area contributed by atoms with Crippen LogP contribution in [0.5, 0.6) is 0 Å². The molecule has 0 saturated carbocycles. The van der Waals surface area contributed by atoms with Crippen LogP contribution in [0, 0.1) is 20.8 Å². The van der Waals surface area contributed by atoms with Crippen molar-refractivity contribution in [1.82, 2.24) is 15.3 Å². The third-order valence-electron chi connectivity index (χ3n) is 4.45. The van der Waals surface area contributed by atoms with Crippen LogP contribution >= 0.6 is 0 Å². The average molecular weight is 360 g/mol. The lowest BCUT2D eigenvalue weighted by molar-refractivity contribution is 0.0934. The number of rotatable bonds is 5. The lowest BCUT2D eigenvalue weighted by Gasteiger charge is -2.15. The van der Waals surface area contributed by atoms with E-state index in [-0.39, 0.29) is 11.9 Å². The summed E-state index contributed by atoms with van der Waals surface area (Å²) in [6.07, 6.45) is 0. The van der Waals surface area contributed by atoms with E-state index in [1.165, 1.54) is 0 Å². The summed E-state index contributed by atoms with van der Waals surface area (Å²) in [4.78, 5) is 21.5. The molecule has 0 radical (unpaired) electrons. The van der Waals surface area contributed by atoms with E-state index in [1.807, 2.05) is 76.2 Å². The van der Waals surface area contributed by atoms with Gasteiger partial charge in [0.05, 0.1) is 6.04 Å². The molecule has 2 N–H and O–H groups in total. The molecule has 1 aromatic heterocycles. The Hall–Kier alpha value is -3.21. The average Bonchev–Trinajstić information content (AvgIpc) is 2.65. The van der Waals surface area contributed by atoms with Crippen LogP contribution in [0.15, 0.2) is 54.6 Å². The van der Waals surface area contributed by atoms with Gasteiger partial charge in [-0.05, 0) is 50.5 Å². The minimum absolute atomic E-state index is 0.107. The smallest absolute Gasteiger partial charge is 0.270 e. The second-order valence-corrected chi connectivity index (χ2v) is 6.72. The molecule has 3 rings (SSSR count). The van der Waals surface area contributed by atoms with Gasteiger partial charge in [0.1, 0.15) is 5.69 Å². The van der Waals surface area contributed by atoms with E-state index in [9.17, 15) is 4.79 Å². The van der Waals surface area contributed by atoms with Crippen molar-refractivity contribution in [3.63, 3.8) is 0 Å². The predicted octanol–water partition coefficient (Wildman–Crippen LogP) is 4.64. The van der Waals surface area contributed by atoms with Gasteiger partial charge >= 0.3 is 0 Å². The molecule has 0 spiro atoms. The van der Waals surface area contributed by atoms with Crippen LogP contribution < -0.4 is 10.6 Å².